The van der Waals surface area contributed by atoms with E-state index in [1.54, 1.807) is 12.3 Å². The van der Waals surface area contributed by atoms with Crippen molar-refractivity contribution in [2.24, 2.45) is 4.99 Å². The Kier molecular flexibility index (Phi) is 5.23. The number of halogens is 1. The van der Waals surface area contributed by atoms with E-state index in [9.17, 15) is 14.3 Å². The maximum absolute atomic E-state index is 14.5. The van der Waals surface area contributed by atoms with E-state index in [0.29, 0.717) is 23.2 Å². The summed E-state index contributed by atoms with van der Waals surface area (Å²) in [5, 5.41) is 12.6. The molecule has 0 aromatic heterocycles. The lowest BCUT2D eigenvalue weighted by molar-refractivity contribution is 0.0916. The van der Waals surface area contributed by atoms with Gasteiger partial charge in [0.1, 0.15) is 5.82 Å². The first-order chi connectivity index (χ1) is 14.0. The van der Waals surface area contributed by atoms with Gasteiger partial charge in [-0.3, -0.25) is 9.79 Å². The van der Waals surface area contributed by atoms with Gasteiger partial charge in [-0.05, 0) is 53.4 Å². The molecule has 5 heteroatoms. The summed E-state index contributed by atoms with van der Waals surface area (Å²) in [7, 11) is 0. The summed E-state index contributed by atoms with van der Waals surface area (Å²) in [6, 6.07) is 17.0. The molecule has 0 radical (unpaired) electrons. The lowest BCUT2D eigenvalue weighted by Crippen LogP contribution is -2.30. The van der Waals surface area contributed by atoms with Crippen molar-refractivity contribution < 1.29 is 14.3 Å². The van der Waals surface area contributed by atoms with E-state index in [2.05, 4.69) is 10.3 Å². The van der Waals surface area contributed by atoms with Crippen molar-refractivity contribution in [2.45, 2.75) is 19.5 Å². The normalized spacial score (nSPS) is 13.2. The van der Waals surface area contributed by atoms with Gasteiger partial charge in [-0.15, -0.1) is 0 Å². The summed E-state index contributed by atoms with van der Waals surface area (Å²) in [6.07, 6.45) is 1.78. The second kappa shape index (κ2) is 7.97. The van der Waals surface area contributed by atoms with E-state index in [1.807, 2.05) is 49.4 Å². The van der Waals surface area contributed by atoms with E-state index in [1.165, 1.54) is 12.1 Å². The summed E-state index contributed by atoms with van der Waals surface area (Å²) >= 11 is 0. The Balaban J connectivity index is 1.61. The lowest BCUT2D eigenvalue weighted by atomic mass is 9.98. The van der Waals surface area contributed by atoms with Crippen molar-refractivity contribution in [1.82, 2.24) is 5.32 Å². The molecule has 29 heavy (non-hydrogen) atoms. The van der Waals surface area contributed by atoms with Crippen LogP contribution in [-0.2, 0) is 6.54 Å². The van der Waals surface area contributed by atoms with Crippen molar-refractivity contribution >= 4 is 12.1 Å². The molecule has 4 rings (SSSR count). The summed E-state index contributed by atoms with van der Waals surface area (Å²) in [6.45, 7) is 2.36. The lowest BCUT2D eigenvalue weighted by Gasteiger charge is -2.18. The van der Waals surface area contributed by atoms with E-state index < -0.39 is 11.9 Å². The zero-order valence-electron chi connectivity index (χ0n) is 16.0. The van der Waals surface area contributed by atoms with E-state index >= 15 is 0 Å². The smallest absolute Gasteiger partial charge is 0.251 e. The zero-order chi connectivity index (χ0) is 20.4. The zero-order valence-corrected chi connectivity index (χ0v) is 16.0. The fourth-order valence-corrected chi connectivity index (χ4v) is 3.52. The van der Waals surface area contributed by atoms with Gasteiger partial charge in [0.15, 0.2) is 0 Å². The average Bonchev–Trinajstić information content (AvgIpc) is 3.20. The number of amides is 1. The van der Waals surface area contributed by atoms with Gasteiger partial charge in [0.2, 0.25) is 0 Å². The molecule has 0 saturated carbocycles. The van der Waals surface area contributed by atoms with Gasteiger partial charge in [-0.25, -0.2) is 4.39 Å². The van der Waals surface area contributed by atoms with Crippen LogP contribution >= 0.6 is 0 Å². The van der Waals surface area contributed by atoms with Crippen LogP contribution in [0.1, 0.15) is 38.7 Å². The molecule has 3 aromatic rings. The van der Waals surface area contributed by atoms with Crippen LogP contribution in [0.25, 0.3) is 11.1 Å². The van der Waals surface area contributed by atoms with Gasteiger partial charge in [0.25, 0.3) is 5.91 Å². The van der Waals surface area contributed by atoms with Crippen LogP contribution in [0.15, 0.2) is 65.7 Å². The third-order valence-electron chi connectivity index (χ3n) is 5.11. The Morgan fingerprint density at radius 1 is 1.17 bits per heavy atom. The first-order valence-electron chi connectivity index (χ1n) is 9.46. The first-order valence-corrected chi connectivity index (χ1v) is 9.46. The van der Waals surface area contributed by atoms with Crippen LogP contribution < -0.4 is 5.32 Å². The molecule has 0 spiro atoms. The molecule has 146 valence electrons. The third-order valence-corrected chi connectivity index (χ3v) is 5.11. The minimum absolute atomic E-state index is 0.229. The van der Waals surface area contributed by atoms with Crippen molar-refractivity contribution in [1.29, 1.82) is 0 Å². The minimum Gasteiger partial charge on any atom is -0.394 e. The van der Waals surface area contributed by atoms with Crippen LogP contribution in [0.2, 0.25) is 0 Å². The molecule has 1 heterocycles. The monoisotopic (exact) mass is 388 g/mol. The highest BCUT2D eigenvalue weighted by atomic mass is 19.1. The summed E-state index contributed by atoms with van der Waals surface area (Å²) in [5.74, 6) is -0.761. The summed E-state index contributed by atoms with van der Waals surface area (Å²) < 4.78 is 14.5. The molecule has 0 aliphatic carbocycles. The molecular formula is C24H21FN2O2. The molecule has 0 bridgehead atoms. The van der Waals surface area contributed by atoms with Crippen LogP contribution in [0.5, 0.6) is 0 Å². The maximum atomic E-state index is 14.5. The molecule has 1 aliphatic rings. The number of aryl methyl sites for hydroxylation is 1. The SMILES string of the molecule is Cc1cccc(C(CO)NC(=O)c2ccc(F)c(-c3ccc4c(c3)C=NC4)c2)c1. The molecular weight excluding hydrogens is 367 g/mol. The van der Waals surface area contributed by atoms with Crippen LogP contribution in [0, 0.1) is 12.7 Å². The Morgan fingerprint density at radius 2 is 2.03 bits per heavy atom. The number of aliphatic hydroxyl groups is 1. The van der Waals surface area contributed by atoms with Crippen molar-refractivity contribution in [2.75, 3.05) is 6.61 Å². The largest absolute Gasteiger partial charge is 0.394 e. The van der Waals surface area contributed by atoms with Gasteiger partial charge in [-0.1, -0.05) is 42.0 Å². The molecule has 3 aromatic carbocycles. The van der Waals surface area contributed by atoms with E-state index in [4.69, 9.17) is 0 Å². The highest BCUT2D eigenvalue weighted by Crippen LogP contribution is 2.28. The fourth-order valence-electron chi connectivity index (χ4n) is 3.52. The molecule has 2 N–H and O–H groups in total. The molecule has 1 aliphatic heterocycles. The fraction of sp³-hybridized carbons (Fsp3) is 0.167. The Morgan fingerprint density at radius 3 is 2.83 bits per heavy atom. The minimum atomic E-state index is -0.535. The van der Waals surface area contributed by atoms with Gasteiger partial charge in [0, 0.05) is 17.3 Å². The van der Waals surface area contributed by atoms with Crippen molar-refractivity contribution in [3.8, 4) is 11.1 Å². The van der Waals surface area contributed by atoms with Gasteiger partial charge >= 0.3 is 0 Å². The molecule has 1 unspecified atom stereocenters. The van der Waals surface area contributed by atoms with E-state index in [0.717, 1.165) is 22.3 Å². The molecule has 4 nitrogen and oxygen atoms in total. The highest BCUT2D eigenvalue weighted by Gasteiger charge is 2.17. The number of aliphatic imine (C=N–C) groups is 1. The molecule has 0 saturated heterocycles. The van der Waals surface area contributed by atoms with Gasteiger partial charge < -0.3 is 10.4 Å². The second-order valence-corrected chi connectivity index (χ2v) is 7.20. The Hall–Kier alpha value is -3.31. The second-order valence-electron chi connectivity index (χ2n) is 7.20. The predicted octanol–water partition coefficient (Wildman–Crippen LogP) is 4.20. The number of nitrogens with one attached hydrogen (secondary N) is 1. The number of hydrogen-bond donors (Lipinski definition) is 2. The number of benzene rings is 3. The number of carbonyl (C=O) groups is 1. The molecule has 1 amide bonds. The maximum Gasteiger partial charge on any atom is 0.251 e. The van der Waals surface area contributed by atoms with Crippen molar-refractivity contribution in [3.05, 3.63) is 94.3 Å². The number of carbonyl (C=O) groups excluding carboxylic acids is 1. The number of aliphatic hydroxyl groups excluding tert-OH is 1. The van der Waals surface area contributed by atoms with E-state index in [-0.39, 0.29) is 12.5 Å². The number of nitrogens with zero attached hydrogens (tertiary/aromatic N) is 1. The topological polar surface area (TPSA) is 61.7 Å². The van der Waals surface area contributed by atoms with Crippen molar-refractivity contribution in [3.63, 3.8) is 0 Å². The van der Waals surface area contributed by atoms with Crippen LogP contribution in [-0.4, -0.2) is 23.8 Å². The Bertz CT molecular complexity index is 1110. The van der Waals surface area contributed by atoms with Gasteiger partial charge in [0.05, 0.1) is 19.2 Å². The van der Waals surface area contributed by atoms with Crippen LogP contribution in [0.3, 0.4) is 0 Å². The number of hydrogen-bond acceptors (Lipinski definition) is 3. The quantitative estimate of drug-likeness (QED) is 0.688. The summed E-state index contributed by atoms with van der Waals surface area (Å²) in [4.78, 5) is 17.0. The van der Waals surface area contributed by atoms with Gasteiger partial charge in [-0.2, -0.15) is 0 Å². The standard InChI is InChI=1S/C24H21FN2O2/c1-15-3-2-4-17(9-15)23(14-28)27-24(29)18-7-8-22(25)21(11-18)16-5-6-19-12-26-13-20(19)10-16/h2-11,13,23,28H,12,14H2,1H3,(H,27,29). The predicted molar refractivity (Wildman–Crippen MR) is 112 cm³/mol. The number of fused-ring (bicyclic) bond motifs is 1. The first kappa shape index (κ1) is 19.0. The summed E-state index contributed by atoms with van der Waals surface area (Å²) in [5.41, 5.74) is 5.32. The molecule has 1 atom stereocenters. The molecule has 0 fully saturated rings. The number of rotatable bonds is 5. The Labute approximate surface area is 168 Å². The third kappa shape index (κ3) is 3.96. The highest BCUT2D eigenvalue weighted by molar-refractivity contribution is 5.96. The van der Waals surface area contributed by atoms with Crippen LogP contribution in [0.4, 0.5) is 4.39 Å². The average molecular weight is 388 g/mol.